The molecule has 0 aromatic rings. The van der Waals surface area contributed by atoms with Crippen LogP contribution in [0.15, 0.2) is 12.7 Å². The topological polar surface area (TPSA) is 17.1 Å². The summed E-state index contributed by atoms with van der Waals surface area (Å²) in [6.45, 7) is 3.69. The van der Waals surface area contributed by atoms with Crippen LogP contribution >= 0.6 is 7.92 Å². The fourth-order valence-electron chi connectivity index (χ4n) is 1.25. The molecular formula is C11H19OP. The maximum absolute atomic E-state index is 9.99. The third kappa shape index (κ3) is 11.8. The van der Waals surface area contributed by atoms with E-state index in [0.29, 0.717) is 0 Å². The zero-order valence-electron chi connectivity index (χ0n) is 8.30. The number of hydrogen-bond acceptors (Lipinski definition) is 1. The predicted molar refractivity (Wildman–Crippen MR) is 58.6 cm³/mol. The van der Waals surface area contributed by atoms with Crippen molar-refractivity contribution in [1.82, 2.24) is 0 Å². The second-order valence-electron chi connectivity index (χ2n) is 3.20. The van der Waals surface area contributed by atoms with Crippen molar-refractivity contribution < 1.29 is 4.57 Å². The second kappa shape index (κ2) is 11.8. The molecule has 0 bridgehead atoms. The summed E-state index contributed by atoms with van der Waals surface area (Å²) < 4.78 is 9.99. The van der Waals surface area contributed by atoms with Crippen LogP contribution in [0.4, 0.5) is 0 Å². The Morgan fingerprint density at radius 1 is 1.08 bits per heavy atom. The van der Waals surface area contributed by atoms with Crippen LogP contribution in [0.2, 0.25) is 0 Å². The van der Waals surface area contributed by atoms with E-state index in [1.165, 1.54) is 32.1 Å². The van der Waals surface area contributed by atoms with Crippen LogP contribution < -0.4 is 0 Å². The molecule has 0 aromatic carbocycles. The average Bonchev–Trinajstić information content (AvgIpc) is 2.16. The summed E-state index contributed by atoms with van der Waals surface area (Å²) in [6.07, 6.45) is 11.6. The van der Waals surface area contributed by atoms with E-state index in [4.69, 9.17) is 0 Å². The van der Waals surface area contributed by atoms with E-state index in [1.807, 2.05) is 6.08 Å². The molecule has 0 saturated carbocycles. The molecule has 0 unspecified atom stereocenters. The summed E-state index contributed by atoms with van der Waals surface area (Å²) in [5.74, 6) is 0. The first-order valence-corrected chi connectivity index (χ1v) is 5.89. The van der Waals surface area contributed by atoms with Gasteiger partial charge in [0.1, 0.15) is 0 Å². The maximum atomic E-state index is 9.99. The summed E-state index contributed by atoms with van der Waals surface area (Å²) in [7, 11) is 0.0621. The molecule has 0 N–H and O–H groups in total. The van der Waals surface area contributed by atoms with Crippen molar-refractivity contribution >= 4 is 7.92 Å². The van der Waals surface area contributed by atoms with Crippen LogP contribution in [0.3, 0.4) is 0 Å². The molecule has 0 aliphatic carbocycles. The predicted octanol–water partition coefficient (Wildman–Crippen LogP) is 4.54. The molecule has 2 heteroatoms. The van der Waals surface area contributed by atoms with E-state index in [1.54, 1.807) is 0 Å². The number of allylic oxidation sites excluding steroid dienone is 1. The van der Waals surface area contributed by atoms with Crippen molar-refractivity contribution in [2.45, 2.75) is 51.4 Å². The fourth-order valence-corrected chi connectivity index (χ4v) is 1.49. The van der Waals surface area contributed by atoms with Gasteiger partial charge in [-0.25, -0.2) is 0 Å². The molecule has 13 heavy (non-hydrogen) atoms. The molecule has 74 valence electrons. The molecule has 0 heterocycles. The Balaban J connectivity index is 2.93. The van der Waals surface area contributed by atoms with Crippen LogP contribution in [-0.4, -0.2) is 0 Å². The fraction of sp³-hybridized carbons (Fsp3) is 0.727. The Morgan fingerprint density at radius 2 is 1.69 bits per heavy atom. The first-order valence-electron chi connectivity index (χ1n) is 5.08. The van der Waals surface area contributed by atoms with Crippen molar-refractivity contribution in [3.05, 3.63) is 12.7 Å². The van der Waals surface area contributed by atoms with Gasteiger partial charge in [0.15, 0.2) is 0 Å². The molecule has 0 radical (unpaired) electrons. The minimum absolute atomic E-state index is 0.0621. The minimum atomic E-state index is 0.0621. The van der Waals surface area contributed by atoms with Crippen molar-refractivity contribution in [3.63, 3.8) is 0 Å². The van der Waals surface area contributed by atoms with Crippen LogP contribution in [0.25, 0.3) is 0 Å². The Labute approximate surface area is 82.7 Å². The van der Waals surface area contributed by atoms with Gasteiger partial charge in [-0.15, -0.1) is 0 Å². The van der Waals surface area contributed by atoms with Crippen LogP contribution in [0.1, 0.15) is 51.4 Å². The zero-order valence-corrected chi connectivity index (χ0v) is 9.19. The Morgan fingerprint density at radius 3 is 2.31 bits per heavy atom. The van der Waals surface area contributed by atoms with Gasteiger partial charge in [0.25, 0.3) is 0 Å². The van der Waals surface area contributed by atoms with E-state index in [9.17, 15) is 4.57 Å². The van der Waals surface area contributed by atoms with Crippen molar-refractivity contribution in [3.8, 4) is 5.63 Å². The van der Waals surface area contributed by atoms with E-state index in [0.717, 1.165) is 19.3 Å². The third-order valence-electron chi connectivity index (χ3n) is 2.01. The normalized spacial score (nSPS) is 9.23. The van der Waals surface area contributed by atoms with Gasteiger partial charge in [-0.3, -0.25) is 0 Å². The van der Waals surface area contributed by atoms with E-state index in [2.05, 4.69) is 12.2 Å². The zero-order chi connectivity index (χ0) is 9.78. The van der Waals surface area contributed by atoms with Gasteiger partial charge in [0.2, 0.25) is 0 Å². The molecule has 0 spiro atoms. The number of unbranched alkanes of at least 4 members (excludes halogenated alkanes) is 7. The first kappa shape index (κ1) is 12.8. The van der Waals surface area contributed by atoms with Crippen LogP contribution in [0, 0.1) is 5.63 Å². The first-order chi connectivity index (χ1) is 6.41. The van der Waals surface area contributed by atoms with Crippen molar-refractivity contribution in [2.24, 2.45) is 0 Å². The molecule has 1 nitrogen and oxygen atoms in total. The molecule has 0 aliphatic rings. The van der Waals surface area contributed by atoms with Gasteiger partial charge >= 0.3 is 82.1 Å². The van der Waals surface area contributed by atoms with Crippen molar-refractivity contribution in [1.29, 1.82) is 0 Å². The number of hydrogen-bond donors (Lipinski definition) is 0. The third-order valence-corrected chi connectivity index (χ3v) is 2.36. The summed E-state index contributed by atoms with van der Waals surface area (Å²) in [5.41, 5.74) is 2.76. The summed E-state index contributed by atoms with van der Waals surface area (Å²) in [4.78, 5) is 0. The van der Waals surface area contributed by atoms with Gasteiger partial charge in [-0.05, 0) is 0 Å². The van der Waals surface area contributed by atoms with Crippen LogP contribution in [0.5, 0.6) is 0 Å². The summed E-state index contributed by atoms with van der Waals surface area (Å²) >= 11 is 0. The molecular weight excluding hydrogens is 179 g/mol. The standard InChI is InChI=1S/C11H19OP/c1-2-3-4-5-6-7-8-9-10-11-13-12/h2H,1,3-10H2. The average molecular weight is 198 g/mol. The Bertz CT molecular complexity index is 203. The van der Waals surface area contributed by atoms with E-state index in [-0.39, 0.29) is 7.92 Å². The Hall–Kier alpha value is -0.250. The van der Waals surface area contributed by atoms with Gasteiger partial charge in [0, 0.05) is 0 Å². The Kier molecular flexibility index (Phi) is 11.5. The quantitative estimate of drug-likeness (QED) is 0.318. The summed E-state index contributed by atoms with van der Waals surface area (Å²) in [5, 5.41) is 0. The van der Waals surface area contributed by atoms with E-state index < -0.39 is 0 Å². The molecule has 0 aromatic heterocycles. The molecule has 0 amide bonds. The monoisotopic (exact) mass is 198 g/mol. The van der Waals surface area contributed by atoms with Gasteiger partial charge in [-0.2, -0.15) is 0 Å². The van der Waals surface area contributed by atoms with Gasteiger partial charge in [-0.1, -0.05) is 0 Å². The molecule has 0 atom stereocenters. The van der Waals surface area contributed by atoms with Gasteiger partial charge in [0.05, 0.1) is 0 Å². The van der Waals surface area contributed by atoms with E-state index >= 15 is 0 Å². The SMILES string of the molecule is C=CCCCCCCCCC#P=O. The van der Waals surface area contributed by atoms with Gasteiger partial charge < -0.3 is 0 Å². The number of rotatable bonds is 8. The second-order valence-corrected chi connectivity index (χ2v) is 3.70. The molecule has 0 fully saturated rings. The molecule has 0 aliphatic heterocycles. The molecule has 0 rings (SSSR count). The van der Waals surface area contributed by atoms with Crippen molar-refractivity contribution in [2.75, 3.05) is 0 Å². The van der Waals surface area contributed by atoms with Crippen LogP contribution in [-0.2, 0) is 4.57 Å². The summed E-state index contributed by atoms with van der Waals surface area (Å²) in [6, 6.07) is 0. The molecule has 0 saturated heterocycles.